The van der Waals surface area contributed by atoms with Crippen LogP contribution in [0, 0.1) is 5.92 Å². The summed E-state index contributed by atoms with van der Waals surface area (Å²) >= 11 is 0. The molecule has 0 aliphatic heterocycles. The molecule has 0 bridgehead atoms. The van der Waals surface area contributed by atoms with Crippen molar-refractivity contribution in [2.45, 2.75) is 47.2 Å². The van der Waals surface area contributed by atoms with Crippen molar-refractivity contribution in [2.75, 3.05) is 6.54 Å². The summed E-state index contributed by atoms with van der Waals surface area (Å²) in [6.45, 7) is 12.0. The lowest BCUT2D eigenvalue weighted by atomic mass is 10.1. The molecule has 0 amide bonds. The second-order valence-corrected chi connectivity index (χ2v) is 4.44. The minimum absolute atomic E-state index is 0.734. The van der Waals surface area contributed by atoms with Crippen LogP contribution in [0.3, 0.4) is 0 Å². The van der Waals surface area contributed by atoms with Gasteiger partial charge in [0.05, 0.1) is 0 Å². The van der Waals surface area contributed by atoms with E-state index in [1.807, 2.05) is 0 Å². The minimum atomic E-state index is 0.734. The van der Waals surface area contributed by atoms with E-state index in [0.29, 0.717) is 0 Å². The van der Waals surface area contributed by atoms with E-state index < -0.39 is 0 Å². The number of rotatable bonds is 6. The monoisotopic (exact) mass is 208 g/mol. The maximum Gasteiger partial charge on any atom is 0.0359 e. The molecule has 2 nitrogen and oxygen atoms in total. The Bertz CT molecular complexity index is 287. The molecule has 1 rings (SSSR count). The third kappa shape index (κ3) is 3.38. The van der Waals surface area contributed by atoms with E-state index in [1.165, 1.54) is 17.8 Å². The molecule has 0 aliphatic carbocycles. The topological polar surface area (TPSA) is 17.0 Å². The van der Waals surface area contributed by atoms with Gasteiger partial charge in [-0.15, -0.1) is 0 Å². The second-order valence-electron chi connectivity index (χ2n) is 4.44. The minimum Gasteiger partial charge on any atom is -0.348 e. The number of nitrogens with one attached hydrogen (secondary N) is 1. The van der Waals surface area contributed by atoms with E-state index in [4.69, 9.17) is 0 Å². The van der Waals surface area contributed by atoms with Crippen LogP contribution in [0.4, 0.5) is 0 Å². The van der Waals surface area contributed by atoms with Crippen molar-refractivity contribution >= 4 is 0 Å². The Hall–Kier alpha value is -0.760. The quantitative estimate of drug-likeness (QED) is 0.760. The van der Waals surface area contributed by atoms with Gasteiger partial charge in [0.1, 0.15) is 0 Å². The van der Waals surface area contributed by atoms with Crippen molar-refractivity contribution in [2.24, 2.45) is 5.92 Å². The van der Waals surface area contributed by atoms with Gasteiger partial charge in [-0.3, -0.25) is 0 Å². The first-order valence-corrected chi connectivity index (χ1v) is 6.07. The van der Waals surface area contributed by atoms with Crippen LogP contribution in [-0.4, -0.2) is 11.1 Å². The van der Waals surface area contributed by atoms with Gasteiger partial charge >= 0.3 is 0 Å². The van der Waals surface area contributed by atoms with E-state index in [0.717, 1.165) is 25.6 Å². The second kappa shape index (κ2) is 5.96. The van der Waals surface area contributed by atoms with Gasteiger partial charge < -0.3 is 9.88 Å². The maximum absolute atomic E-state index is 3.39. The molecule has 0 radical (unpaired) electrons. The lowest BCUT2D eigenvalue weighted by Gasteiger charge is -2.12. The zero-order valence-electron chi connectivity index (χ0n) is 10.5. The molecule has 1 N–H and O–H groups in total. The summed E-state index contributed by atoms with van der Waals surface area (Å²) in [5.41, 5.74) is 2.88. The van der Waals surface area contributed by atoms with Crippen molar-refractivity contribution in [3.05, 3.63) is 23.5 Å². The molecule has 1 aromatic rings. The third-order valence-electron chi connectivity index (χ3n) is 2.65. The highest BCUT2D eigenvalue weighted by Crippen LogP contribution is 2.13. The first-order valence-electron chi connectivity index (χ1n) is 6.07. The summed E-state index contributed by atoms with van der Waals surface area (Å²) in [5, 5.41) is 3.39. The predicted octanol–water partition coefficient (Wildman–Crippen LogP) is 2.82. The smallest absolute Gasteiger partial charge is 0.0359 e. The van der Waals surface area contributed by atoms with Crippen LogP contribution in [0.1, 0.15) is 39.1 Å². The van der Waals surface area contributed by atoms with Gasteiger partial charge in [-0.2, -0.15) is 0 Å². The summed E-state index contributed by atoms with van der Waals surface area (Å²) in [6.07, 6.45) is 1.18. The lowest BCUT2D eigenvalue weighted by molar-refractivity contribution is 0.575. The van der Waals surface area contributed by atoms with Gasteiger partial charge in [0.25, 0.3) is 0 Å². The Labute approximate surface area is 93.7 Å². The van der Waals surface area contributed by atoms with Crippen LogP contribution < -0.4 is 5.32 Å². The first-order chi connectivity index (χ1) is 7.19. The van der Waals surface area contributed by atoms with Crippen LogP contribution in [0.15, 0.2) is 12.1 Å². The van der Waals surface area contributed by atoms with E-state index in [-0.39, 0.29) is 0 Å². The van der Waals surface area contributed by atoms with Crippen LogP contribution in [-0.2, 0) is 19.5 Å². The van der Waals surface area contributed by atoms with Crippen molar-refractivity contribution < 1.29 is 0 Å². The fourth-order valence-corrected chi connectivity index (χ4v) is 1.97. The molecule has 0 spiro atoms. The normalized spacial score (nSPS) is 11.3. The Morgan fingerprint density at radius 2 is 1.87 bits per heavy atom. The number of aromatic nitrogens is 1. The van der Waals surface area contributed by atoms with Gasteiger partial charge in [-0.1, -0.05) is 20.8 Å². The van der Waals surface area contributed by atoms with Crippen molar-refractivity contribution in [1.82, 2.24) is 9.88 Å². The number of nitrogens with zero attached hydrogens (tertiary/aromatic N) is 1. The Morgan fingerprint density at radius 1 is 1.20 bits per heavy atom. The van der Waals surface area contributed by atoms with Crippen LogP contribution >= 0.6 is 0 Å². The van der Waals surface area contributed by atoms with E-state index in [2.05, 4.69) is 49.7 Å². The van der Waals surface area contributed by atoms with Crippen molar-refractivity contribution in [3.8, 4) is 0 Å². The first kappa shape index (κ1) is 12.3. The van der Waals surface area contributed by atoms with Gasteiger partial charge in [0, 0.05) is 24.5 Å². The SMILES string of the molecule is CCNCc1ccc(CC(C)C)n1CC. The summed E-state index contributed by atoms with van der Waals surface area (Å²) < 4.78 is 2.43. The lowest BCUT2D eigenvalue weighted by Crippen LogP contribution is -2.16. The van der Waals surface area contributed by atoms with E-state index in [9.17, 15) is 0 Å². The standard InChI is InChI=1S/C13H24N2/c1-5-14-10-13-8-7-12(9-11(3)4)15(13)6-2/h7-8,11,14H,5-6,9-10H2,1-4H3. The largest absolute Gasteiger partial charge is 0.348 e. The third-order valence-corrected chi connectivity index (χ3v) is 2.65. The van der Waals surface area contributed by atoms with Gasteiger partial charge in [0.2, 0.25) is 0 Å². The molecule has 0 atom stereocenters. The van der Waals surface area contributed by atoms with Gasteiger partial charge in [0.15, 0.2) is 0 Å². The van der Waals surface area contributed by atoms with E-state index in [1.54, 1.807) is 0 Å². The zero-order chi connectivity index (χ0) is 11.3. The molecule has 0 aromatic carbocycles. The van der Waals surface area contributed by atoms with Gasteiger partial charge in [-0.05, 0) is 37.9 Å². The summed E-state index contributed by atoms with van der Waals surface area (Å²) in [5.74, 6) is 0.734. The Morgan fingerprint density at radius 3 is 2.40 bits per heavy atom. The molecule has 86 valence electrons. The fourth-order valence-electron chi connectivity index (χ4n) is 1.97. The van der Waals surface area contributed by atoms with Crippen molar-refractivity contribution in [3.63, 3.8) is 0 Å². The van der Waals surface area contributed by atoms with Gasteiger partial charge in [-0.25, -0.2) is 0 Å². The molecule has 0 fully saturated rings. The molecule has 0 saturated heterocycles. The molecule has 2 heteroatoms. The molecule has 0 saturated carbocycles. The number of hydrogen-bond acceptors (Lipinski definition) is 1. The average molecular weight is 208 g/mol. The highest BCUT2D eigenvalue weighted by Gasteiger charge is 2.07. The van der Waals surface area contributed by atoms with E-state index >= 15 is 0 Å². The summed E-state index contributed by atoms with van der Waals surface area (Å²) in [4.78, 5) is 0. The van der Waals surface area contributed by atoms with Crippen LogP contribution in [0.5, 0.6) is 0 Å². The highest BCUT2D eigenvalue weighted by atomic mass is 15.0. The Kier molecular flexibility index (Phi) is 4.89. The summed E-state index contributed by atoms with van der Waals surface area (Å²) in [6, 6.07) is 4.53. The van der Waals surface area contributed by atoms with Crippen LogP contribution in [0.25, 0.3) is 0 Å². The molecule has 1 aromatic heterocycles. The molecule has 0 aliphatic rings. The Balaban J connectivity index is 2.75. The molecule has 15 heavy (non-hydrogen) atoms. The van der Waals surface area contributed by atoms with Crippen LogP contribution in [0.2, 0.25) is 0 Å². The molecular weight excluding hydrogens is 184 g/mol. The zero-order valence-corrected chi connectivity index (χ0v) is 10.5. The highest BCUT2D eigenvalue weighted by molar-refractivity contribution is 5.17. The maximum atomic E-state index is 3.39. The number of hydrogen-bond donors (Lipinski definition) is 1. The molecular formula is C13H24N2. The molecule has 1 heterocycles. The molecule has 0 unspecified atom stereocenters. The predicted molar refractivity (Wildman–Crippen MR) is 66.0 cm³/mol. The summed E-state index contributed by atoms with van der Waals surface area (Å²) in [7, 11) is 0. The average Bonchev–Trinajstić information content (AvgIpc) is 2.56. The van der Waals surface area contributed by atoms with Crippen molar-refractivity contribution in [1.29, 1.82) is 0 Å². The fraction of sp³-hybridized carbons (Fsp3) is 0.692.